The van der Waals surface area contributed by atoms with E-state index in [4.69, 9.17) is 14.2 Å². The molecule has 50 heavy (non-hydrogen) atoms. The minimum absolute atomic E-state index is 0.0733. The van der Waals surface area contributed by atoms with E-state index in [1.54, 1.807) is 18.8 Å². The predicted octanol–water partition coefficient (Wildman–Crippen LogP) is 5.72. The quantitative estimate of drug-likeness (QED) is 0.0920. The Morgan fingerprint density at radius 1 is 0.980 bits per heavy atom. The SMILES string of the molecule is CC[C@H](C)[C@H](NC(=O)[C@@H](C[C@H](O)[C@H](COCc1ccc(C)c(OCCCOC)c1)NCc1cncs1)C(C)C)C(=O)NCc1ccc(C)cc1. The summed E-state index contributed by atoms with van der Waals surface area (Å²) in [6.07, 6.45) is 2.63. The molecule has 3 rings (SSSR count). The van der Waals surface area contributed by atoms with Crippen LogP contribution in [0.1, 0.15) is 74.1 Å². The van der Waals surface area contributed by atoms with E-state index in [1.807, 2.05) is 84.0 Å². The van der Waals surface area contributed by atoms with Crippen LogP contribution in [0.4, 0.5) is 0 Å². The number of thiazole rings is 1. The summed E-state index contributed by atoms with van der Waals surface area (Å²) < 4.78 is 17.2. The van der Waals surface area contributed by atoms with Gasteiger partial charge in [-0.3, -0.25) is 14.6 Å². The Kier molecular flexibility index (Phi) is 17.9. The molecule has 4 N–H and O–H groups in total. The third-order valence-corrected chi connectivity index (χ3v) is 9.85. The summed E-state index contributed by atoms with van der Waals surface area (Å²) in [5, 5.41) is 21.1. The lowest BCUT2D eigenvalue weighted by molar-refractivity contribution is -0.134. The van der Waals surface area contributed by atoms with Crippen molar-refractivity contribution in [1.29, 1.82) is 0 Å². The highest BCUT2D eigenvalue weighted by Crippen LogP contribution is 2.23. The number of ether oxygens (including phenoxy) is 3. The molecule has 1 aromatic heterocycles. The van der Waals surface area contributed by atoms with Crippen LogP contribution >= 0.6 is 11.3 Å². The van der Waals surface area contributed by atoms with Gasteiger partial charge in [-0.1, -0.05) is 76.1 Å². The number of hydrogen-bond acceptors (Lipinski definition) is 9. The Balaban J connectivity index is 1.66. The molecule has 0 aliphatic rings. The molecule has 10 nitrogen and oxygen atoms in total. The van der Waals surface area contributed by atoms with Crippen LogP contribution in [0, 0.1) is 31.6 Å². The molecular formula is C39H58N4O6S. The maximum atomic E-state index is 13.8. The molecule has 2 amide bonds. The van der Waals surface area contributed by atoms with Gasteiger partial charge in [-0.2, -0.15) is 0 Å². The molecule has 0 bridgehead atoms. The van der Waals surface area contributed by atoms with Crippen molar-refractivity contribution in [2.75, 3.05) is 26.9 Å². The minimum Gasteiger partial charge on any atom is -0.493 e. The lowest BCUT2D eigenvalue weighted by atomic mass is 9.86. The van der Waals surface area contributed by atoms with Crippen LogP contribution in [0.5, 0.6) is 5.75 Å². The van der Waals surface area contributed by atoms with Crippen LogP contribution in [0.3, 0.4) is 0 Å². The van der Waals surface area contributed by atoms with E-state index >= 15 is 0 Å². The molecule has 5 atom stereocenters. The fraction of sp³-hybridized carbons (Fsp3) is 0.564. The van der Waals surface area contributed by atoms with E-state index in [0.29, 0.717) is 32.9 Å². The first-order valence-electron chi connectivity index (χ1n) is 17.7. The van der Waals surface area contributed by atoms with Gasteiger partial charge in [0, 0.05) is 50.2 Å². The third-order valence-electron chi connectivity index (χ3n) is 9.07. The van der Waals surface area contributed by atoms with Gasteiger partial charge in [0.25, 0.3) is 0 Å². The van der Waals surface area contributed by atoms with Gasteiger partial charge in [0.15, 0.2) is 0 Å². The predicted molar refractivity (Wildman–Crippen MR) is 199 cm³/mol. The lowest BCUT2D eigenvalue weighted by Gasteiger charge is -2.31. The van der Waals surface area contributed by atoms with E-state index in [0.717, 1.165) is 45.7 Å². The van der Waals surface area contributed by atoms with Crippen molar-refractivity contribution in [1.82, 2.24) is 20.9 Å². The van der Waals surface area contributed by atoms with Crippen LogP contribution in [0.2, 0.25) is 0 Å². The number of aromatic nitrogens is 1. The Hall–Kier alpha value is -3.35. The average molecular weight is 711 g/mol. The molecular weight excluding hydrogens is 653 g/mol. The number of carbonyl (C=O) groups excluding carboxylic acids is 2. The fourth-order valence-electron chi connectivity index (χ4n) is 5.52. The number of nitrogens with one attached hydrogen (secondary N) is 3. The Labute approximate surface area is 302 Å². The largest absolute Gasteiger partial charge is 0.493 e. The van der Waals surface area contributed by atoms with Crippen molar-refractivity contribution in [3.63, 3.8) is 0 Å². The summed E-state index contributed by atoms with van der Waals surface area (Å²) in [6, 6.07) is 12.9. The van der Waals surface area contributed by atoms with Crippen LogP contribution in [0.15, 0.2) is 54.2 Å². The average Bonchev–Trinajstić information content (AvgIpc) is 3.63. The van der Waals surface area contributed by atoms with E-state index in [1.165, 1.54) is 11.3 Å². The summed E-state index contributed by atoms with van der Waals surface area (Å²) in [7, 11) is 1.68. The summed E-state index contributed by atoms with van der Waals surface area (Å²) in [6.45, 7) is 14.6. The highest BCUT2D eigenvalue weighted by atomic mass is 32.1. The number of amides is 2. The van der Waals surface area contributed by atoms with Crippen molar-refractivity contribution >= 4 is 23.2 Å². The van der Waals surface area contributed by atoms with Gasteiger partial charge in [-0.25, -0.2) is 0 Å². The smallest absolute Gasteiger partial charge is 0.243 e. The maximum absolute atomic E-state index is 13.8. The highest BCUT2D eigenvalue weighted by Gasteiger charge is 2.33. The summed E-state index contributed by atoms with van der Waals surface area (Å²) in [4.78, 5) is 32.4. The summed E-state index contributed by atoms with van der Waals surface area (Å²) >= 11 is 1.53. The molecule has 0 aliphatic heterocycles. The third kappa shape index (κ3) is 13.8. The number of aliphatic hydroxyl groups excluding tert-OH is 1. The molecule has 0 unspecified atom stereocenters. The van der Waals surface area contributed by atoms with Crippen LogP contribution in [0.25, 0.3) is 0 Å². The Morgan fingerprint density at radius 2 is 1.72 bits per heavy atom. The highest BCUT2D eigenvalue weighted by molar-refractivity contribution is 7.09. The number of hydrogen-bond donors (Lipinski definition) is 4. The van der Waals surface area contributed by atoms with Gasteiger partial charge in [0.1, 0.15) is 11.8 Å². The van der Waals surface area contributed by atoms with E-state index < -0.39 is 24.1 Å². The van der Waals surface area contributed by atoms with Crippen molar-refractivity contribution < 1.29 is 28.9 Å². The second-order valence-electron chi connectivity index (χ2n) is 13.5. The first kappa shape index (κ1) is 41.1. The molecule has 0 radical (unpaired) electrons. The molecule has 11 heteroatoms. The van der Waals surface area contributed by atoms with E-state index in [-0.39, 0.29) is 36.7 Å². The van der Waals surface area contributed by atoms with Gasteiger partial charge >= 0.3 is 0 Å². The maximum Gasteiger partial charge on any atom is 0.243 e. The van der Waals surface area contributed by atoms with Crippen LogP contribution in [-0.4, -0.2) is 67.0 Å². The first-order valence-corrected chi connectivity index (χ1v) is 18.6. The minimum atomic E-state index is -0.892. The summed E-state index contributed by atoms with van der Waals surface area (Å²) in [5.74, 6) is -0.314. The Morgan fingerprint density at radius 3 is 2.38 bits per heavy atom. The van der Waals surface area contributed by atoms with Crippen LogP contribution in [-0.2, 0) is 38.8 Å². The number of methoxy groups -OCH3 is 1. The standard InChI is InChI=1S/C39H58N4O6S/c1-8-28(5)37(39(46)42-20-30-13-10-27(4)11-14-30)43-38(45)33(26(2)3)19-35(44)34(41-22-32-21-40-25-50-32)24-48-23-31-15-12-29(6)36(18-31)49-17-9-16-47-7/h10-15,18,21,25-26,28,33-35,37,41,44H,8-9,16-17,19-20,22-24H2,1-7H3,(H,42,46)(H,43,45)/t28-,33-,34-,35-,37-/m0/s1. The Bertz CT molecular complexity index is 1420. The normalized spacial score (nSPS) is 14.5. The van der Waals surface area contributed by atoms with Crippen molar-refractivity contribution in [3.8, 4) is 5.75 Å². The van der Waals surface area contributed by atoms with Crippen molar-refractivity contribution in [3.05, 3.63) is 81.3 Å². The number of aliphatic hydroxyl groups is 1. The zero-order valence-corrected chi connectivity index (χ0v) is 31.7. The molecule has 276 valence electrons. The molecule has 0 saturated heterocycles. The van der Waals surface area contributed by atoms with Gasteiger partial charge in [0.05, 0.1) is 37.5 Å². The van der Waals surface area contributed by atoms with Gasteiger partial charge < -0.3 is 35.3 Å². The van der Waals surface area contributed by atoms with Gasteiger partial charge in [-0.05, 0) is 54.9 Å². The van der Waals surface area contributed by atoms with Crippen LogP contribution < -0.4 is 20.7 Å². The molecule has 0 spiro atoms. The van der Waals surface area contributed by atoms with Gasteiger partial charge in [-0.15, -0.1) is 11.3 Å². The molecule has 0 fully saturated rings. The lowest BCUT2D eigenvalue weighted by Crippen LogP contribution is -2.53. The second-order valence-corrected chi connectivity index (χ2v) is 14.5. The fourth-order valence-corrected chi connectivity index (χ4v) is 6.07. The topological polar surface area (TPSA) is 131 Å². The number of aryl methyl sites for hydroxylation is 2. The molecule has 2 aromatic carbocycles. The molecule has 0 saturated carbocycles. The zero-order valence-electron chi connectivity index (χ0n) is 30.9. The molecule has 1 heterocycles. The van der Waals surface area contributed by atoms with E-state index in [9.17, 15) is 14.7 Å². The second kappa shape index (κ2) is 21.8. The summed E-state index contributed by atoms with van der Waals surface area (Å²) in [5.41, 5.74) is 5.93. The van der Waals surface area contributed by atoms with Crippen molar-refractivity contribution in [2.24, 2.45) is 17.8 Å². The number of benzene rings is 2. The number of rotatable bonds is 23. The van der Waals surface area contributed by atoms with Crippen molar-refractivity contribution in [2.45, 2.75) is 98.7 Å². The molecule has 0 aliphatic carbocycles. The van der Waals surface area contributed by atoms with E-state index in [2.05, 4.69) is 20.9 Å². The zero-order chi connectivity index (χ0) is 36.5. The number of nitrogens with zero attached hydrogens (tertiary/aromatic N) is 1. The monoisotopic (exact) mass is 710 g/mol. The number of carbonyl (C=O) groups is 2. The van der Waals surface area contributed by atoms with Gasteiger partial charge in [0.2, 0.25) is 11.8 Å². The molecule has 3 aromatic rings. The first-order chi connectivity index (χ1) is 24.0.